The van der Waals surface area contributed by atoms with Crippen molar-refractivity contribution in [2.24, 2.45) is 0 Å². The summed E-state index contributed by atoms with van der Waals surface area (Å²) in [5.41, 5.74) is 3.72. The van der Waals surface area contributed by atoms with Crippen LogP contribution in [-0.2, 0) is 6.42 Å². The Morgan fingerprint density at radius 2 is 1.95 bits per heavy atom. The van der Waals surface area contributed by atoms with Gasteiger partial charge in [-0.1, -0.05) is 13.0 Å². The summed E-state index contributed by atoms with van der Waals surface area (Å²) < 4.78 is 5.98. The fraction of sp³-hybridized carbons (Fsp3) is 0.429. The zero-order valence-corrected chi connectivity index (χ0v) is 12.5. The van der Waals surface area contributed by atoms with E-state index in [1.165, 1.54) is 16.7 Å². The molecule has 0 aliphatic heterocycles. The van der Waals surface area contributed by atoms with Crippen LogP contribution in [0.15, 0.2) is 12.1 Å². The Hall–Kier alpha value is -1.62. The highest BCUT2D eigenvalue weighted by Gasteiger charge is 2.15. The van der Waals surface area contributed by atoms with Crippen molar-refractivity contribution in [1.82, 2.24) is 15.2 Å². The molecule has 1 unspecified atom stereocenters. The Balaban J connectivity index is 2.30. The maximum absolute atomic E-state index is 5.49. The van der Waals surface area contributed by atoms with Gasteiger partial charge in [0.15, 0.2) is 0 Å². The fourth-order valence-corrected chi connectivity index (χ4v) is 2.34. The molecule has 4 nitrogen and oxygen atoms in total. The topological polar surface area (TPSA) is 53.7 Å². The van der Waals surface area contributed by atoms with Gasteiger partial charge in [-0.15, -0.1) is 0 Å². The van der Waals surface area contributed by atoms with Crippen molar-refractivity contribution in [1.29, 1.82) is 0 Å². The smallest absolute Gasteiger partial charge is 0.213 e. The molecule has 0 aliphatic carbocycles. The van der Waals surface area contributed by atoms with Crippen molar-refractivity contribution >= 4 is 12.2 Å². The molecule has 0 radical (unpaired) electrons. The first-order valence-corrected chi connectivity index (χ1v) is 6.70. The molecule has 0 bridgehead atoms. The molecule has 0 aliphatic rings. The lowest BCUT2D eigenvalue weighted by Gasteiger charge is -2.17. The number of benzene rings is 1. The molecule has 1 atom stereocenters. The highest BCUT2D eigenvalue weighted by Crippen LogP contribution is 2.31. The third-order valence-electron chi connectivity index (χ3n) is 3.43. The number of rotatable bonds is 4. The lowest BCUT2D eigenvalue weighted by atomic mass is 9.93. The van der Waals surface area contributed by atoms with Gasteiger partial charge in [0.1, 0.15) is 11.6 Å². The predicted octanol–water partition coefficient (Wildman–Crippen LogP) is 3.44. The van der Waals surface area contributed by atoms with Crippen LogP contribution in [0, 0.1) is 18.6 Å². The number of nitrogens with one attached hydrogen (secondary N) is 2. The van der Waals surface area contributed by atoms with Crippen LogP contribution in [0.3, 0.4) is 0 Å². The normalized spacial score (nSPS) is 12.4. The van der Waals surface area contributed by atoms with E-state index in [0.717, 1.165) is 18.0 Å². The molecule has 1 aromatic carbocycles. The van der Waals surface area contributed by atoms with Crippen molar-refractivity contribution < 1.29 is 4.74 Å². The summed E-state index contributed by atoms with van der Waals surface area (Å²) in [6, 6.07) is 4.29. The van der Waals surface area contributed by atoms with Crippen LogP contribution < -0.4 is 4.74 Å². The van der Waals surface area contributed by atoms with Gasteiger partial charge in [0.2, 0.25) is 4.77 Å². The number of nitrogens with zero attached hydrogens (tertiary/aromatic N) is 1. The van der Waals surface area contributed by atoms with Crippen LogP contribution in [0.25, 0.3) is 0 Å². The zero-order valence-electron chi connectivity index (χ0n) is 11.7. The van der Waals surface area contributed by atoms with Gasteiger partial charge in [0.05, 0.1) is 7.11 Å². The number of methoxy groups -OCH3 is 1. The van der Waals surface area contributed by atoms with Crippen LogP contribution in [0.4, 0.5) is 0 Å². The Morgan fingerprint density at radius 1 is 1.26 bits per heavy atom. The molecular formula is C14H19N3OS. The van der Waals surface area contributed by atoms with E-state index in [0.29, 0.717) is 10.7 Å². The zero-order chi connectivity index (χ0) is 14.0. The van der Waals surface area contributed by atoms with Gasteiger partial charge < -0.3 is 4.74 Å². The number of hydrogen-bond acceptors (Lipinski definition) is 3. The van der Waals surface area contributed by atoms with Gasteiger partial charge >= 0.3 is 0 Å². The number of aromatic amines is 2. The van der Waals surface area contributed by atoms with Crippen molar-refractivity contribution in [3.05, 3.63) is 39.4 Å². The summed E-state index contributed by atoms with van der Waals surface area (Å²) in [6.45, 7) is 6.38. The molecule has 0 amide bonds. The van der Waals surface area contributed by atoms with E-state index in [1.807, 2.05) is 0 Å². The third-order valence-corrected chi connectivity index (χ3v) is 3.62. The summed E-state index contributed by atoms with van der Waals surface area (Å²) in [6.07, 6.45) is 0.798. The maximum Gasteiger partial charge on any atom is 0.213 e. The molecule has 0 spiro atoms. The van der Waals surface area contributed by atoms with E-state index in [2.05, 4.69) is 48.1 Å². The number of aromatic nitrogens is 3. The number of H-pyrrole nitrogens is 2. The molecule has 102 valence electrons. The average molecular weight is 277 g/mol. The summed E-state index contributed by atoms with van der Waals surface area (Å²) >= 11 is 4.97. The van der Waals surface area contributed by atoms with Crippen LogP contribution in [0.1, 0.15) is 35.4 Å². The molecule has 0 saturated carbocycles. The molecule has 19 heavy (non-hydrogen) atoms. The summed E-state index contributed by atoms with van der Waals surface area (Å²) in [7, 11) is 1.71. The predicted molar refractivity (Wildman–Crippen MR) is 78.4 cm³/mol. The monoisotopic (exact) mass is 277 g/mol. The van der Waals surface area contributed by atoms with Crippen molar-refractivity contribution in [2.45, 2.75) is 33.1 Å². The fourth-order valence-electron chi connectivity index (χ4n) is 2.17. The summed E-state index contributed by atoms with van der Waals surface area (Å²) in [4.78, 5) is 4.23. The van der Waals surface area contributed by atoms with Gasteiger partial charge in [-0.2, -0.15) is 0 Å². The largest absolute Gasteiger partial charge is 0.496 e. The van der Waals surface area contributed by atoms with Gasteiger partial charge in [0.25, 0.3) is 0 Å². The Labute approximate surface area is 118 Å². The quantitative estimate of drug-likeness (QED) is 0.842. The second-order valence-corrected chi connectivity index (χ2v) is 5.28. The molecule has 5 heteroatoms. The Morgan fingerprint density at radius 3 is 2.53 bits per heavy atom. The number of hydrogen-bond donors (Lipinski definition) is 2. The van der Waals surface area contributed by atoms with Gasteiger partial charge in [-0.05, 0) is 54.7 Å². The first-order chi connectivity index (χ1) is 9.01. The highest BCUT2D eigenvalue weighted by atomic mass is 32.1. The Bertz CT molecular complexity index is 630. The molecule has 0 fully saturated rings. The molecule has 2 N–H and O–H groups in total. The lowest BCUT2D eigenvalue weighted by molar-refractivity contribution is 0.405. The van der Waals surface area contributed by atoms with E-state index >= 15 is 0 Å². The highest BCUT2D eigenvalue weighted by molar-refractivity contribution is 7.71. The van der Waals surface area contributed by atoms with Crippen LogP contribution in [0.5, 0.6) is 5.75 Å². The van der Waals surface area contributed by atoms with E-state index in [1.54, 1.807) is 7.11 Å². The first kappa shape index (κ1) is 13.8. The van der Waals surface area contributed by atoms with E-state index in [4.69, 9.17) is 17.0 Å². The summed E-state index contributed by atoms with van der Waals surface area (Å²) in [5, 5.41) is 5.81. The SMILES string of the molecule is COc1cc(C)c(C)cc1C(C)Cc1nc(=S)[nH][nH]1. The van der Waals surface area contributed by atoms with Crippen molar-refractivity contribution in [3.8, 4) is 5.75 Å². The van der Waals surface area contributed by atoms with Crippen LogP contribution >= 0.6 is 12.2 Å². The van der Waals surface area contributed by atoms with Crippen LogP contribution in [0.2, 0.25) is 0 Å². The van der Waals surface area contributed by atoms with Gasteiger partial charge in [-0.25, -0.2) is 4.98 Å². The second-order valence-electron chi connectivity index (χ2n) is 4.90. The molecule has 0 saturated heterocycles. The average Bonchev–Trinajstić information content (AvgIpc) is 2.77. The Kier molecular flexibility index (Phi) is 4.04. The number of ether oxygens (including phenoxy) is 1. The van der Waals surface area contributed by atoms with Gasteiger partial charge in [-0.3, -0.25) is 10.2 Å². The van der Waals surface area contributed by atoms with Crippen molar-refractivity contribution in [2.75, 3.05) is 7.11 Å². The minimum atomic E-state index is 0.309. The maximum atomic E-state index is 5.49. The van der Waals surface area contributed by atoms with Gasteiger partial charge in [0, 0.05) is 6.42 Å². The minimum absolute atomic E-state index is 0.309. The van der Waals surface area contributed by atoms with E-state index < -0.39 is 0 Å². The number of aryl methyl sites for hydroxylation is 2. The second kappa shape index (κ2) is 5.57. The van der Waals surface area contributed by atoms with Crippen LogP contribution in [-0.4, -0.2) is 22.3 Å². The molecular weight excluding hydrogens is 258 g/mol. The third kappa shape index (κ3) is 3.04. The standard InChI is InChI=1S/C14H19N3OS/c1-8-5-11(12(18-4)6-9(8)2)10(3)7-13-15-14(19)17-16-13/h5-6,10H,7H2,1-4H3,(H2,15,16,17,19). The minimum Gasteiger partial charge on any atom is -0.496 e. The van der Waals surface area contributed by atoms with E-state index in [-0.39, 0.29) is 0 Å². The molecule has 2 aromatic rings. The summed E-state index contributed by atoms with van der Waals surface area (Å²) in [5.74, 6) is 2.12. The first-order valence-electron chi connectivity index (χ1n) is 6.30. The lowest BCUT2D eigenvalue weighted by Crippen LogP contribution is -2.04. The van der Waals surface area contributed by atoms with E-state index in [9.17, 15) is 0 Å². The molecule has 2 rings (SSSR count). The molecule has 1 heterocycles. The molecule has 1 aromatic heterocycles. The van der Waals surface area contributed by atoms with Crippen molar-refractivity contribution in [3.63, 3.8) is 0 Å².